The van der Waals surface area contributed by atoms with Crippen LogP contribution in [0.25, 0.3) is 11.0 Å². The highest BCUT2D eigenvalue weighted by atomic mass is 19.4. The summed E-state index contributed by atoms with van der Waals surface area (Å²) in [5, 5.41) is 9.68. The van der Waals surface area contributed by atoms with Crippen molar-refractivity contribution in [1.29, 1.82) is 0 Å². The molecule has 0 unspecified atom stereocenters. The molecule has 1 fully saturated rings. The van der Waals surface area contributed by atoms with Gasteiger partial charge in [-0.25, -0.2) is 4.98 Å². The smallest absolute Gasteiger partial charge is 0.449 e. The molecule has 6 heteroatoms. The van der Waals surface area contributed by atoms with Gasteiger partial charge in [-0.3, -0.25) is 0 Å². The Morgan fingerprint density at radius 2 is 2.00 bits per heavy atom. The Kier molecular flexibility index (Phi) is 1.93. The molecule has 1 heterocycles. The molecule has 0 aliphatic heterocycles. The molecule has 3 rings (SSSR count). The van der Waals surface area contributed by atoms with Crippen LogP contribution in [0, 0.1) is 0 Å². The first kappa shape index (κ1) is 10.4. The zero-order valence-corrected chi connectivity index (χ0v) is 8.70. The quantitative estimate of drug-likeness (QED) is 0.834. The van der Waals surface area contributed by atoms with Crippen LogP contribution in [0.3, 0.4) is 0 Å². The lowest BCUT2D eigenvalue weighted by molar-refractivity contribution is -0.147. The van der Waals surface area contributed by atoms with Gasteiger partial charge in [-0.1, -0.05) is 6.07 Å². The molecule has 17 heavy (non-hydrogen) atoms. The van der Waals surface area contributed by atoms with Crippen molar-refractivity contribution in [2.45, 2.75) is 25.1 Å². The van der Waals surface area contributed by atoms with E-state index in [1.165, 1.54) is 18.2 Å². The fourth-order valence-corrected chi connectivity index (χ4v) is 2.02. The number of aromatic hydroxyl groups is 1. The summed E-state index contributed by atoms with van der Waals surface area (Å²) in [7, 11) is 0. The van der Waals surface area contributed by atoms with E-state index in [0.29, 0.717) is 12.8 Å². The molecule has 0 radical (unpaired) electrons. The van der Waals surface area contributed by atoms with E-state index >= 15 is 0 Å². The largest absolute Gasteiger partial charge is 0.506 e. The predicted molar refractivity (Wildman–Crippen MR) is 54.7 cm³/mol. The second-order valence-electron chi connectivity index (χ2n) is 4.18. The Balaban J connectivity index is 2.36. The zero-order chi connectivity index (χ0) is 12.2. The van der Waals surface area contributed by atoms with E-state index in [1.54, 1.807) is 0 Å². The maximum absolute atomic E-state index is 12.8. The Labute approximate surface area is 94.5 Å². The van der Waals surface area contributed by atoms with Gasteiger partial charge in [0.15, 0.2) is 0 Å². The molecule has 0 spiro atoms. The summed E-state index contributed by atoms with van der Waals surface area (Å²) in [6.07, 6.45) is -3.10. The standard InChI is InChI=1S/C11H9F3N2O/c12-11(13,14)10-15-7-2-1-3-8(17)9(7)16(10)6-4-5-6/h1-3,6,17H,4-5H2. The van der Waals surface area contributed by atoms with Crippen LogP contribution in [0.4, 0.5) is 13.2 Å². The van der Waals surface area contributed by atoms with Gasteiger partial charge in [0.25, 0.3) is 0 Å². The fraction of sp³-hybridized carbons (Fsp3) is 0.364. The third kappa shape index (κ3) is 1.55. The van der Waals surface area contributed by atoms with Crippen LogP contribution in [0.2, 0.25) is 0 Å². The highest BCUT2D eigenvalue weighted by Gasteiger charge is 2.42. The number of aromatic nitrogens is 2. The van der Waals surface area contributed by atoms with E-state index in [4.69, 9.17) is 0 Å². The third-order valence-electron chi connectivity index (χ3n) is 2.85. The lowest BCUT2D eigenvalue weighted by Crippen LogP contribution is -2.14. The van der Waals surface area contributed by atoms with E-state index < -0.39 is 12.0 Å². The number of nitrogens with zero attached hydrogens (tertiary/aromatic N) is 2. The van der Waals surface area contributed by atoms with Crippen molar-refractivity contribution in [3.63, 3.8) is 0 Å². The minimum atomic E-state index is -4.49. The van der Waals surface area contributed by atoms with Gasteiger partial charge in [0, 0.05) is 6.04 Å². The number of phenols is 1. The average molecular weight is 242 g/mol. The number of hydrogen-bond donors (Lipinski definition) is 1. The summed E-state index contributed by atoms with van der Waals surface area (Å²) in [4.78, 5) is 3.58. The van der Waals surface area contributed by atoms with E-state index in [0.717, 1.165) is 4.57 Å². The van der Waals surface area contributed by atoms with E-state index in [9.17, 15) is 18.3 Å². The molecule has 1 N–H and O–H groups in total. The van der Waals surface area contributed by atoms with Crippen molar-refractivity contribution in [1.82, 2.24) is 9.55 Å². The Morgan fingerprint density at radius 1 is 1.29 bits per heavy atom. The SMILES string of the molecule is Oc1cccc2nc(C(F)(F)F)n(C3CC3)c12. The second-order valence-corrected chi connectivity index (χ2v) is 4.18. The molecule has 90 valence electrons. The van der Waals surface area contributed by atoms with Gasteiger partial charge in [-0.05, 0) is 25.0 Å². The number of phenolic OH excluding ortho intramolecular Hbond substituents is 1. The normalized spacial score (nSPS) is 16.6. The summed E-state index contributed by atoms with van der Waals surface area (Å²) in [6, 6.07) is 4.15. The van der Waals surface area contributed by atoms with Crippen molar-refractivity contribution in [2.24, 2.45) is 0 Å². The van der Waals surface area contributed by atoms with Crippen LogP contribution in [-0.4, -0.2) is 14.7 Å². The van der Waals surface area contributed by atoms with Crippen molar-refractivity contribution < 1.29 is 18.3 Å². The second kappa shape index (κ2) is 3.15. The van der Waals surface area contributed by atoms with Gasteiger partial charge in [0.05, 0.1) is 5.52 Å². The molecule has 1 aromatic heterocycles. The first-order chi connectivity index (χ1) is 7.98. The molecule has 1 aliphatic rings. The number of halogens is 3. The predicted octanol–water partition coefficient (Wildman–Crippen LogP) is 3.10. The summed E-state index contributed by atoms with van der Waals surface area (Å²) >= 11 is 0. The van der Waals surface area contributed by atoms with Gasteiger partial charge in [0.2, 0.25) is 5.82 Å². The third-order valence-corrected chi connectivity index (χ3v) is 2.85. The van der Waals surface area contributed by atoms with Crippen LogP contribution in [0.5, 0.6) is 5.75 Å². The maximum Gasteiger partial charge on any atom is 0.449 e. The Morgan fingerprint density at radius 3 is 2.59 bits per heavy atom. The van der Waals surface area contributed by atoms with Crippen molar-refractivity contribution in [2.75, 3.05) is 0 Å². The van der Waals surface area contributed by atoms with E-state index in [1.807, 2.05) is 0 Å². The highest BCUT2D eigenvalue weighted by Crippen LogP contribution is 2.44. The molecule has 0 amide bonds. The number of benzene rings is 1. The summed E-state index contributed by atoms with van der Waals surface area (Å²) in [5.74, 6) is -1.08. The Hall–Kier alpha value is -1.72. The molecular formula is C11H9F3N2O. The van der Waals surface area contributed by atoms with Gasteiger partial charge in [-0.15, -0.1) is 0 Å². The molecule has 2 aromatic rings. The van der Waals surface area contributed by atoms with Gasteiger partial charge in [0.1, 0.15) is 11.3 Å². The Bertz CT molecular complexity index is 584. The molecule has 3 nitrogen and oxygen atoms in total. The van der Waals surface area contributed by atoms with Crippen LogP contribution < -0.4 is 0 Å². The molecule has 1 aliphatic carbocycles. The molecule has 0 atom stereocenters. The van der Waals surface area contributed by atoms with E-state index in [-0.39, 0.29) is 22.8 Å². The maximum atomic E-state index is 12.8. The first-order valence-electron chi connectivity index (χ1n) is 5.25. The first-order valence-corrected chi connectivity index (χ1v) is 5.25. The highest BCUT2D eigenvalue weighted by molar-refractivity contribution is 5.82. The van der Waals surface area contributed by atoms with Gasteiger partial charge < -0.3 is 9.67 Å². The minimum absolute atomic E-state index is 0.155. The van der Waals surface area contributed by atoms with Crippen LogP contribution >= 0.6 is 0 Å². The molecule has 0 saturated heterocycles. The van der Waals surface area contributed by atoms with Crippen LogP contribution in [0.15, 0.2) is 18.2 Å². The van der Waals surface area contributed by atoms with Crippen LogP contribution in [-0.2, 0) is 6.18 Å². The monoisotopic (exact) mass is 242 g/mol. The molecule has 1 aromatic carbocycles. The topological polar surface area (TPSA) is 38.1 Å². The molecule has 0 bridgehead atoms. The number of alkyl halides is 3. The fourth-order valence-electron chi connectivity index (χ4n) is 2.02. The number of rotatable bonds is 1. The van der Waals surface area contributed by atoms with Crippen molar-refractivity contribution in [3.05, 3.63) is 24.0 Å². The van der Waals surface area contributed by atoms with Gasteiger partial charge in [-0.2, -0.15) is 13.2 Å². The average Bonchev–Trinajstić information content (AvgIpc) is 2.97. The van der Waals surface area contributed by atoms with Gasteiger partial charge >= 0.3 is 6.18 Å². The number of hydrogen-bond acceptors (Lipinski definition) is 2. The lowest BCUT2D eigenvalue weighted by Gasteiger charge is -2.10. The summed E-state index contributed by atoms with van der Waals surface area (Å²) in [5.41, 5.74) is 0.367. The number of fused-ring (bicyclic) bond motifs is 1. The molecular weight excluding hydrogens is 233 g/mol. The van der Waals surface area contributed by atoms with Crippen molar-refractivity contribution in [3.8, 4) is 5.75 Å². The summed E-state index contributed by atoms with van der Waals surface area (Å²) in [6.45, 7) is 0. The minimum Gasteiger partial charge on any atom is -0.506 e. The van der Waals surface area contributed by atoms with Crippen molar-refractivity contribution >= 4 is 11.0 Å². The number of imidazole rings is 1. The lowest BCUT2D eigenvalue weighted by atomic mass is 10.3. The molecule has 1 saturated carbocycles. The zero-order valence-electron chi connectivity index (χ0n) is 8.70. The van der Waals surface area contributed by atoms with E-state index in [2.05, 4.69) is 4.98 Å². The van der Waals surface area contributed by atoms with Crippen LogP contribution in [0.1, 0.15) is 24.7 Å². The summed E-state index contributed by atoms with van der Waals surface area (Å²) < 4.78 is 39.6. The number of para-hydroxylation sites is 1.